The molecule has 0 bridgehead atoms. The number of hydrogen-bond donors (Lipinski definition) is 1. The van der Waals surface area contributed by atoms with E-state index in [9.17, 15) is 0 Å². The first-order chi connectivity index (χ1) is 10.2. The monoisotopic (exact) mass is 293 g/mol. The summed E-state index contributed by atoms with van der Waals surface area (Å²) in [5, 5.41) is 13.8. The van der Waals surface area contributed by atoms with Crippen LogP contribution in [0.4, 0.5) is 11.4 Å². The molecule has 0 saturated carbocycles. The summed E-state index contributed by atoms with van der Waals surface area (Å²) < 4.78 is 0. The summed E-state index contributed by atoms with van der Waals surface area (Å²) in [5.41, 5.74) is 4.13. The van der Waals surface area contributed by atoms with Gasteiger partial charge in [0.25, 0.3) is 0 Å². The molecule has 3 aromatic rings. The number of rotatable bonds is 2. The van der Waals surface area contributed by atoms with Gasteiger partial charge in [0.05, 0.1) is 27.9 Å². The molecule has 2 aromatic carbocycles. The van der Waals surface area contributed by atoms with E-state index in [1.165, 1.54) is 0 Å². The Hall–Kier alpha value is -2.57. The van der Waals surface area contributed by atoms with Crippen LogP contribution in [0.25, 0.3) is 10.9 Å². The lowest BCUT2D eigenvalue weighted by molar-refractivity contribution is 1.25. The van der Waals surface area contributed by atoms with E-state index in [4.69, 9.17) is 16.9 Å². The predicted octanol–water partition coefficient (Wildman–Crippen LogP) is 4.81. The molecular formula is C17H12ClN3. The molecule has 3 rings (SSSR count). The Kier molecular flexibility index (Phi) is 3.47. The number of aromatic nitrogens is 1. The van der Waals surface area contributed by atoms with E-state index in [0.29, 0.717) is 10.6 Å². The molecule has 1 N–H and O–H groups in total. The summed E-state index contributed by atoms with van der Waals surface area (Å²) in [5.74, 6) is 0. The summed E-state index contributed by atoms with van der Waals surface area (Å²) in [6.07, 6.45) is 0. The highest BCUT2D eigenvalue weighted by atomic mass is 35.5. The maximum Gasteiger partial charge on any atom is 0.0992 e. The summed E-state index contributed by atoms with van der Waals surface area (Å²) in [7, 11) is 0. The standard InChI is InChI=1S/C17H12ClN3/c1-11-8-17(13-4-2-3-5-15(13)20-11)21-16-7-6-12(10-19)9-14(16)18/h2-9H,1H3,(H,20,21). The van der Waals surface area contributed by atoms with Crippen LogP contribution in [0.15, 0.2) is 48.5 Å². The normalized spacial score (nSPS) is 10.3. The molecule has 4 heteroatoms. The van der Waals surface area contributed by atoms with Gasteiger partial charge in [0, 0.05) is 16.8 Å². The Bertz CT molecular complexity index is 866. The number of aryl methyl sites for hydroxylation is 1. The van der Waals surface area contributed by atoms with Crippen LogP contribution in [0.3, 0.4) is 0 Å². The minimum Gasteiger partial charge on any atom is -0.354 e. The Morgan fingerprint density at radius 3 is 2.67 bits per heavy atom. The van der Waals surface area contributed by atoms with Crippen molar-refractivity contribution in [1.29, 1.82) is 5.26 Å². The van der Waals surface area contributed by atoms with Crippen molar-refractivity contribution >= 4 is 33.9 Å². The molecule has 0 radical (unpaired) electrons. The van der Waals surface area contributed by atoms with Crippen molar-refractivity contribution in [3.05, 3.63) is 64.8 Å². The average Bonchev–Trinajstić information content (AvgIpc) is 2.49. The van der Waals surface area contributed by atoms with Crippen molar-refractivity contribution in [1.82, 2.24) is 4.98 Å². The third kappa shape index (κ3) is 2.67. The molecule has 1 aromatic heterocycles. The largest absolute Gasteiger partial charge is 0.354 e. The van der Waals surface area contributed by atoms with Gasteiger partial charge in [-0.15, -0.1) is 0 Å². The molecule has 102 valence electrons. The quantitative estimate of drug-likeness (QED) is 0.737. The van der Waals surface area contributed by atoms with Crippen LogP contribution in [0, 0.1) is 18.3 Å². The molecule has 3 nitrogen and oxygen atoms in total. The maximum atomic E-state index is 8.88. The summed E-state index contributed by atoms with van der Waals surface area (Å²) in [6.45, 7) is 1.96. The van der Waals surface area contributed by atoms with Crippen LogP contribution < -0.4 is 5.32 Å². The number of fused-ring (bicyclic) bond motifs is 1. The predicted molar refractivity (Wildman–Crippen MR) is 85.9 cm³/mol. The fraction of sp³-hybridized carbons (Fsp3) is 0.0588. The van der Waals surface area contributed by atoms with E-state index >= 15 is 0 Å². The minimum absolute atomic E-state index is 0.521. The maximum absolute atomic E-state index is 8.88. The lowest BCUT2D eigenvalue weighted by Gasteiger charge is -2.12. The molecule has 0 unspecified atom stereocenters. The van der Waals surface area contributed by atoms with E-state index in [0.717, 1.165) is 28.0 Å². The van der Waals surface area contributed by atoms with Crippen molar-refractivity contribution in [2.24, 2.45) is 0 Å². The van der Waals surface area contributed by atoms with Crippen molar-refractivity contribution in [2.75, 3.05) is 5.32 Å². The van der Waals surface area contributed by atoms with Gasteiger partial charge in [0.1, 0.15) is 0 Å². The molecule has 0 saturated heterocycles. The van der Waals surface area contributed by atoms with Gasteiger partial charge in [-0.05, 0) is 37.3 Å². The van der Waals surface area contributed by atoms with Crippen molar-refractivity contribution in [3.63, 3.8) is 0 Å². The number of benzene rings is 2. The SMILES string of the molecule is Cc1cc(Nc2ccc(C#N)cc2Cl)c2ccccc2n1. The third-order valence-corrected chi connectivity index (χ3v) is 3.52. The smallest absolute Gasteiger partial charge is 0.0992 e. The fourth-order valence-electron chi connectivity index (χ4n) is 2.24. The van der Waals surface area contributed by atoms with Crippen LogP contribution in [0.2, 0.25) is 5.02 Å². The van der Waals surface area contributed by atoms with Gasteiger partial charge in [-0.2, -0.15) is 5.26 Å². The molecule has 0 spiro atoms. The number of nitrogens with one attached hydrogen (secondary N) is 1. The second-order valence-corrected chi connectivity index (χ2v) is 5.17. The first-order valence-corrected chi connectivity index (χ1v) is 6.88. The zero-order chi connectivity index (χ0) is 14.8. The van der Waals surface area contributed by atoms with E-state index in [-0.39, 0.29) is 0 Å². The number of halogens is 1. The third-order valence-electron chi connectivity index (χ3n) is 3.21. The Labute approximate surface area is 127 Å². The molecular weight excluding hydrogens is 282 g/mol. The van der Waals surface area contributed by atoms with Crippen LogP contribution >= 0.6 is 11.6 Å². The average molecular weight is 294 g/mol. The molecule has 21 heavy (non-hydrogen) atoms. The van der Waals surface area contributed by atoms with Crippen LogP contribution in [-0.2, 0) is 0 Å². The van der Waals surface area contributed by atoms with E-state index < -0.39 is 0 Å². The lowest BCUT2D eigenvalue weighted by Crippen LogP contribution is -1.95. The number of hydrogen-bond acceptors (Lipinski definition) is 3. The van der Waals surface area contributed by atoms with Gasteiger partial charge >= 0.3 is 0 Å². The molecule has 0 aliphatic heterocycles. The summed E-state index contributed by atoms with van der Waals surface area (Å²) in [4.78, 5) is 4.51. The Morgan fingerprint density at radius 1 is 1.10 bits per heavy atom. The number of para-hydroxylation sites is 1. The van der Waals surface area contributed by atoms with Gasteiger partial charge in [-0.25, -0.2) is 0 Å². The van der Waals surface area contributed by atoms with E-state index in [2.05, 4.69) is 16.4 Å². The van der Waals surface area contributed by atoms with E-state index in [1.807, 2.05) is 43.3 Å². The lowest BCUT2D eigenvalue weighted by atomic mass is 10.1. The van der Waals surface area contributed by atoms with E-state index in [1.54, 1.807) is 12.1 Å². The van der Waals surface area contributed by atoms with Crippen molar-refractivity contribution in [2.45, 2.75) is 6.92 Å². The van der Waals surface area contributed by atoms with Crippen LogP contribution in [0.1, 0.15) is 11.3 Å². The zero-order valence-corrected chi connectivity index (χ0v) is 12.1. The van der Waals surface area contributed by atoms with Crippen LogP contribution in [-0.4, -0.2) is 4.98 Å². The van der Waals surface area contributed by atoms with Gasteiger partial charge in [0.2, 0.25) is 0 Å². The van der Waals surface area contributed by atoms with Gasteiger partial charge in [-0.3, -0.25) is 4.98 Å². The Balaban J connectivity index is 2.08. The molecule has 0 amide bonds. The second-order valence-electron chi connectivity index (χ2n) is 4.76. The minimum atomic E-state index is 0.521. The Morgan fingerprint density at radius 2 is 1.90 bits per heavy atom. The fourth-order valence-corrected chi connectivity index (χ4v) is 2.47. The molecule has 0 fully saturated rings. The number of pyridine rings is 1. The first-order valence-electron chi connectivity index (χ1n) is 6.50. The molecule has 0 atom stereocenters. The number of anilines is 2. The van der Waals surface area contributed by atoms with Gasteiger partial charge < -0.3 is 5.32 Å². The first kappa shape index (κ1) is 13.4. The number of nitriles is 1. The highest BCUT2D eigenvalue weighted by molar-refractivity contribution is 6.33. The second kappa shape index (κ2) is 5.43. The number of nitrogens with zero attached hydrogens (tertiary/aromatic N) is 2. The van der Waals surface area contributed by atoms with Crippen molar-refractivity contribution in [3.8, 4) is 6.07 Å². The summed E-state index contributed by atoms with van der Waals surface area (Å²) >= 11 is 6.22. The van der Waals surface area contributed by atoms with Gasteiger partial charge in [-0.1, -0.05) is 29.8 Å². The van der Waals surface area contributed by atoms with Crippen LogP contribution in [0.5, 0.6) is 0 Å². The highest BCUT2D eigenvalue weighted by Gasteiger charge is 2.07. The molecule has 1 heterocycles. The summed E-state index contributed by atoms with van der Waals surface area (Å²) in [6, 6.07) is 17.2. The molecule has 0 aliphatic rings. The zero-order valence-electron chi connectivity index (χ0n) is 11.4. The topological polar surface area (TPSA) is 48.7 Å². The highest BCUT2D eigenvalue weighted by Crippen LogP contribution is 2.30. The van der Waals surface area contributed by atoms with Crippen molar-refractivity contribution < 1.29 is 0 Å². The molecule has 0 aliphatic carbocycles. The van der Waals surface area contributed by atoms with Gasteiger partial charge in [0.15, 0.2) is 0 Å².